The molecule has 6 nitrogen and oxygen atoms in total. The average molecular weight is 365 g/mol. The Hall–Kier alpha value is -2.06. The molecule has 0 N–H and O–H groups in total. The maximum atomic E-state index is 10.8. The number of alkyl halides is 1. The first-order valence-electron chi connectivity index (χ1n) is 6.01. The van der Waals surface area contributed by atoms with Gasteiger partial charge in [-0.1, -0.05) is 45.5 Å². The fraction of sp³-hybridized carbons (Fsp3) is 0.0769. The molecule has 0 saturated carbocycles. The lowest BCUT2D eigenvalue weighted by molar-refractivity contribution is -0.380. The van der Waals surface area contributed by atoms with Crippen molar-refractivity contribution in [2.75, 3.05) is 0 Å². The van der Waals surface area contributed by atoms with Crippen LogP contribution in [0.4, 0.5) is 5.00 Å². The summed E-state index contributed by atoms with van der Waals surface area (Å²) in [6.07, 6.45) is 0. The molecule has 1 aromatic carbocycles. The maximum Gasteiger partial charge on any atom is 0.324 e. The van der Waals surface area contributed by atoms with Gasteiger partial charge < -0.3 is 0 Å². The normalized spacial score (nSPS) is 10.7. The van der Waals surface area contributed by atoms with Gasteiger partial charge in [-0.15, -0.1) is 10.2 Å². The lowest BCUT2D eigenvalue weighted by atomic mass is 10.3. The molecule has 2 aromatic heterocycles. The van der Waals surface area contributed by atoms with Crippen molar-refractivity contribution in [3.05, 3.63) is 58.4 Å². The third-order valence-electron chi connectivity index (χ3n) is 2.86. The summed E-state index contributed by atoms with van der Waals surface area (Å²) in [5, 5.41) is 19.8. The number of aromatic nitrogens is 3. The number of hydrogen-bond acceptors (Lipinski definition) is 5. The molecule has 0 aliphatic heterocycles. The molecule has 0 unspecified atom stereocenters. The summed E-state index contributed by atoms with van der Waals surface area (Å²) >= 11 is 4.48. The van der Waals surface area contributed by atoms with Crippen LogP contribution in [0.2, 0.25) is 0 Å². The molecule has 0 aliphatic carbocycles. The van der Waals surface area contributed by atoms with Crippen LogP contribution in [-0.4, -0.2) is 19.7 Å². The second-order valence-electron chi connectivity index (χ2n) is 4.14. The largest absolute Gasteiger partial charge is 0.324 e. The molecule has 8 heteroatoms. The van der Waals surface area contributed by atoms with Crippen molar-refractivity contribution in [3.8, 4) is 16.4 Å². The molecule has 0 spiro atoms. The summed E-state index contributed by atoms with van der Waals surface area (Å²) in [5.41, 5.74) is 0.919. The molecule has 106 valence electrons. The minimum Gasteiger partial charge on any atom is -0.278 e. The molecule has 0 fully saturated rings. The van der Waals surface area contributed by atoms with Crippen molar-refractivity contribution in [2.24, 2.45) is 0 Å². The highest BCUT2D eigenvalue weighted by Crippen LogP contribution is 2.33. The van der Waals surface area contributed by atoms with Crippen LogP contribution in [0.3, 0.4) is 0 Å². The second-order valence-corrected chi connectivity index (χ2v) is 5.76. The molecular formula is C13H9BrN4O2S. The number of rotatable bonds is 4. The number of thiophene rings is 1. The van der Waals surface area contributed by atoms with E-state index in [0.29, 0.717) is 16.0 Å². The Balaban J connectivity index is 2.15. The fourth-order valence-corrected chi connectivity index (χ4v) is 3.12. The molecule has 0 aliphatic rings. The predicted molar refractivity (Wildman–Crippen MR) is 84.0 cm³/mol. The highest BCUT2D eigenvalue weighted by molar-refractivity contribution is 9.08. The van der Waals surface area contributed by atoms with Crippen LogP contribution in [0.1, 0.15) is 5.82 Å². The van der Waals surface area contributed by atoms with Crippen LogP contribution >= 0.6 is 27.3 Å². The lowest BCUT2D eigenvalue weighted by Gasteiger charge is -2.07. The maximum absolute atomic E-state index is 10.8. The van der Waals surface area contributed by atoms with Crippen LogP contribution in [-0.2, 0) is 5.33 Å². The van der Waals surface area contributed by atoms with Crippen molar-refractivity contribution < 1.29 is 4.92 Å². The van der Waals surface area contributed by atoms with E-state index in [1.165, 1.54) is 6.07 Å². The topological polar surface area (TPSA) is 73.8 Å². The third-order valence-corrected chi connectivity index (χ3v) is 4.39. The number of hydrogen-bond donors (Lipinski definition) is 0. The number of para-hydroxylation sites is 1. The number of benzene rings is 1. The molecule has 0 atom stereocenters. The van der Waals surface area contributed by atoms with E-state index >= 15 is 0 Å². The lowest BCUT2D eigenvalue weighted by Crippen LogP contribution is -2.00. The van der Waals surface area contributed by atoms with Crippen molar-refractivity contribution >= 4 is 32.3 Å². The van der Waals surface area contributed by atoms with E-state index in [0.717, 1.165) is 22.8 Å². The zero-order chi connectivity index (χ0) is 14.8. The van der Waals surface area contributed by atoms with Crippen LogP contribution in [0.15, 0.2) is 42.5 Å². The highest BCUT2D eigenvalue weighted by Gasteiger charge is 2.19. The quantitative estimate of drug-likeness (QED) is 0.400. The van der Waals surface area contributed by atoms with Gasteiger partial charge in [0.15, 0.2) is 5.82 Å². The monoisotopic (exact) mass is 364 g/mol. The molecule has 0 saturated heterocycles. The van der Waals surface area contributed by atoms with Crippen LogP contribution in [0, 0.1) is 10.1 Å². The summed E-state index contributed by atoms with van der Waals surface area (Å²) in [6.45, 7) is 0. The molecule has 21 heavy (non-hydrogen) atoms. The first-order chi connectivity index (χ1) is 10.2. The van der Waals surface area contributed by atoms with E-state index < -0.39 is 4.92 Å². The Morgan fingerprint density at radius 1 is 1.19 bits per heavy atom. The molecular weight excluding hydrogens is 356 g/mol. The summed E-state index contributed by atoms with van der Waals surface area (Å²) in [6, 6.07) is 12.9. The van der Waals surface area contributed by atoms with E-state index in [1.807, 2.05) is 34.9 Å². The smallest absolute Gasteiger partial charge is 0.278 e. The first kappa shape index (κ1) is 13.9. The second kappa shape index (κ2) is 5.74. The van der Waals surface area contributed by atoms with E-state index in [-0.39, 0.29) is 5.00 Å². The van der Waals surface area contributed by atoms with Crippen molar-refractivity contribution in [1.82, 2.24) is 14.8 Å². The Kier molecular flexibility index (Phi) is 3.80. The van der Waals surface area contributed by atoms with Crippen LogP contribution < -0.4 is 0 Å². The van der Waals surface area contributed by atoms with Crippen LogP contribution in [0.5, 0.6) is 0 Å². The summed E-state index contributed by atoms with van der Waals surface area (Å²) in [7, 11) is 0. The Morgan fingerprint density at radius 3 is 2.57 bits per heavy atom. The van der Waals surface area contributed by atoms with E-state index in [9.17, 15) is 10.1 Å². The fourth-order valence-electron chi connectivity index (χ4n) is 1.96. The van der Waals surface area contributed by atoms with Crippen LogP contribution in [0.25, 0.3) is 16.4 Å². The van der Waals surface area contributed by atoms with Gasteiger partial charge in [0.2, 0.25) is 0 Å². The van der Waals surface area contributed by atoms with Gasteiger partial charge in [0, 0.05) is 11.8 Å². The third kappa shape index (κ3) is 2.59. The van der Waals surface area contributed by atoms with Gasteiger partial charge in [0.05, 0.1) is 15.1 Å². The number of nitrogens with zero attached hydrogens (tertiary/aromatic N) is 4. The number of halogens is 1. The first-order valence-corrected chi connectivity index (χ1v) is 7.95. The average Bonchev–Trinajstić information content (AvgIpc) is 3.14. The summed E-state index contributed by atoms with van der Waals surface area (Å²) < 4.78 is 1.89. The van der Waals surface area contributed by atoms with E-state index in [1.54, 1.807) is 6.07 Å². The van der Waals surface area contributed by atoms with Gasteiger partial charge in [0.25, 0.3) is 0 Å². The Bertz CT molecular complexity index is 785. The Labute approximate surface area is 132 Å². The van der Waals surface area contributed by atoms with E-state index in [4.69, 9.17) is 0 Å². The zero-order valence-electron chi connectivity index (χ0n) is 10.6. The molecule has 0 radical (unpaired) electrons. The van der Waals surface area contributed by atoms with Gasteiger partial charge in [-0.3, -0.25) is 14.7 Å². The van der Waals surface area contributed by atoms with Gasteiger partial charge in [0.1, 0.15) is 5.82 Å². The zero-order valence-corrected chi connectivity index (χ0v) is 13.0. The minimum atomic E-state index is -0.400. The van der Waals surface area contributed by atoms with Crippen molar-refractivity contribution in [3.63, 3.8) is 0 Å². The summed E-state index contributed by atoms with van der Waals surface area (Å²) in [5.74, 6) is 1.35. The summed E-state index contributed by atoms with van der Waals surface area (Å²) in [4.78, 5) is 11.1. The predicted octanol–water partition coefficient (Wildman–Crippen LogP) is 3.80. The molecule has 2 heterocycles. The number of nitro groups is 1. The van der Waals surface area contributed by atoms with Crippen molar-refractivity contribution in [2.45, 2.75) is 5.33 Å². The molecule has 0 amide bonds. The molecule has 3 rings (SSSR count). The van der Waals surface area contributed by atoms with Gasteiger partial charge in [-0.2, -0.15) is 0 Å². The minimum absolute atomic E-state index is 0.0907. The van der Waals surface area contributed by atoms with Gasteiger partial charge >= 0.3 is 5.00 Å². The molecule has 0 bridgehead atoms. The standard InChI is InChI=1S/C13H9BrN4O2S/c14-8-11-15-16-13(10-6-7-12(21-10)18(19)20)17(11)9-4-2-1-3-5-9/h1-7H,8H2. The Morgan fingerprint density at radius 2 is 1.95 bits per heavy atom. The van der Waals surface area contributed by atoms with Gasteiger partial charge in [-0.05, 0) is 18.2 Å². The van der Waals surface area contributed by atoms with Crippen molar-refractivity contribution in [1.29, 1.82) is 0 Å². The van der Waals surface area contributed by atoms with Gasteiger partial charge in [-0.25, -0.2) is 0 Å². The SMILES string of the molecule is O=[N+]([O-])c1ccc(-c2nnc(CBr)n2-c2ccccc2)s1. The highest BCUT2D eigenvalue weighted by atomic mass is 79.9. The molecule has 3 aromatic rings. The van der Waals surface area contributed by atoms with E-state index in [2.05, 4.69) is 26.1 Å².